The van der Waals surface area contributed by atoms with Crippen LogP contribution in [0.4, 0.5) is 0 Å². The average Bonchev–Trinajstić information content (AvgIpc) is 1.59. The highest BCUT2D eigenvalue weighted by Gasteiger charge is 2.23. The predicted molar refractivity (Wildman–Crippen MR) is 515 cm³/mol. The van der Waals surface area contributed by atoms with Crippen molar-refractivity contribution in [3.8, 4) is 146 Å². The molecule has 124 heavy (non-hydrogen) atoms. The maximum absolute atomic E-state index is 5.21. The molecule has 24 rings (SSSR count). The minimum Gasteiger partial charge on any atom is -0.309 e. The third-order valence-corrected chi connectivity index (χ3v) is 24.8. The van der Waals surface area contributed by atoms with Gasteiger partial charge in [0, 0.05) is 99.2 Å². The molecule has 578 valence electrons. The molecule has 18 aromatic carbocycles. The Labute approximate surface area is 715 Å². The molecule has 0 N–H and O–H groups in total. The summed E-state index contributed by atoms with van der Waals surface area (Å²) in [5.74, 6) is 1.37. The largest absolute Gasteiger partial charge is 0.309 e. The van der Waals surface area contributed by atoms with Gasteiger partial charge in [-0.1, -0.05) is 315 Å². The molecule has 0 aliphatic carbocycles. The zero-order valence-electron chi connectivity index (χ0n) is 67.3. The first-order valence-corrected chi connectivity index (χ1v) is 42.2. The zero-order valence-corrected chi connectivity index (χ0v) is 67.3. The van der Waals surface area contributed by atoms with E-state index in [-0.39, 0.29) is 0 Å². The fraction of sp³-hybridized carbons (Fsp3) is 0. The fourth-order valence-corrected chi connectivity index (χ4v) is 18.8. The van der Waals surface area contributed by atoms with Crippen molar-refractivity contribution >= 4 is 87.2 Å². The molecule has 0 fully saturated rings. The van der Waals surface area contributed by atoms with E-state index in [4.69, 9.17) is 19.9 Å². The van der Waals surface area contributed by atoms with Crippen LogP contribution in [0.25, 0.3) is 233 Å². The maximum Gasteiger partial charge on any atom is 0.160 e. The van der Waals surface area contributed by atoms with Gasteiger partial charge in [-0.25, -0.2) is 19.9 Å². The van der Waals surface area contributed by atoms with Gasteiger partial charge in [0.15, 0.2) is 11.6 Å². The molecule has 0 amide bonds. The van der Waals surface area contributed by atoms with Crippen LogP contribution >= 0.6 is 0 Å². The topological polar surface area (TPSA) is 71.3 Å². The summed E-state index contributed by atoms with van der Waals surface area (Å²) < 4.78 is 9.73. The van der Waals surface area contributed by atoms with Gasteiger partial charge < -0.3 is 18.3 Å². The van der Waals surface area contributed by atoms with E-state index >= 15 is 0 Å². The van der Waals surface area contributed by atoms with Crippen LogP contribution in [0.15, 0.2) is 449 Å². The number of para-hydroxylation sites is 4. The van der Waals surface area contributed by atoms with Crippen LogP contribution in [-0.4, -0.2) is 38.2 Å². The number of rotatable bonds is 15. The fourth-order valence-electron chi connectivity index (χ4n) is 18.8. The second kappa shape index (κ2) is 29.7. The lowest BCUT2D eigenvalue weighted by atomic mass is 10.00. The van der Waals surface area contributed by atoms with E-state index in [1.54, 1.807) is 0 Å². The van der Waals surface area contributed by atoms with Crippen LogP contribution in [0.2, 0.25) is 0 Å². The predicted octanol–water partition coefficient (Wildman–Crippen LogP) is 30.0. The first kappa shape index (κ1) is 71.4. The number of nitrogens with zero attached hydrogens (tertiary/aromatic N) is 8. The Hall–Kier alpha value is -16.7. The molecule has 24 aromatic rings. The third-order valence-electron chi connectivity index (χ3n) is 24.8. The molecule has 0 saturated heterocycles. The zero-order chi connectivity index (χ0) is 81.7. The van der Waals surface area contributed by atoms with Gasteiger partial charge >= 0.3 is 0 Å². The SMILES string of the molecule is c1ccc(-c2cc(-c3cccc(-c4ccc(-n5c6ccccc6c6cc(-c7ccc8c9ccccc9n(-c9cccc(-c%10ccc%11c%12cc(-c%13ccc%14c%15ccccc%15n(-c%15ccccc%15)c%14c%13)ccc%12n(-c%12ccc(-c%13cccc(-c%14nc(-c%15ccccc%15)cc(-c%15ccccc%15)n%14)c%13)cc%12)c%11c%10)c9)c8c7)ccc65)cc4)c3)nc(-c3ccccc3)n2)cc1. The average molecular weight is 1580 g/mol. The summed E-state index contributed by atoms with van der Waals surface area (Å²) in [4.78, 5) is 20.6. The van der Waals surface area contributed by atoms with Crippen molar-refractivity contribution in [3.63, 3.8) is 0 Å². The molecule has 0 aliphatic heterocycles. The van der Waals surface area contributed by atoms with E-state index in [9.17, 15) is 0 Å². The van der Waals surface area contributed by atoms with Gasteiger partial charge in [0.05, 0.1) is 66.9 Å². The van der Waals surface area contributed by atoms with Gasteiger partial charge in [-0.2, -0.15) is 0 Å². The molecule has 8 nitrogen and oxygen atoms in total. The lowest BCUT2D eigenvalue weighted by Gasteiger charge is -2.13. The summed E-state index contributed by atoms with van der Waals surface area (Å²) in [6, 6.07) is 162. The number of fused-ring (bicyclic) bond motifs is 12. The number of benzene rings is 18. The Morgan fingerprint density at radius 2 is 0.379 bits per heavy atom. The van der Waals surface area contributed by atoms with Crippen LogP contribution < -0.4 is 0 Å². The Kier molecular flexibility index (Phi) is 17.1. The van der Waals surface area contributed by atoms with Gasteiger partial charge in [-0.15, -0.1) is 0 Å². The van der Waals surface area contributed by atoms with Gasteiger partial charge in [0.25, 0.3) is 0 Å². The minimum atomic E-state index is 0.676. The molecule has 0 bridgehead atoms. The number of hydrogen-bond acceptors (Lipinski definition) is 4. The summed E-state index contributed by atoms with van der Waals surface area (Å²) in [5, 5.41) is 9.60. The van der Waals surface area contributed by atoms with E-state index in [1.165, 1.54) is 54.1 Å². The minimum absolute atomic E-state index is 0.676. The monoisotopic (exact) mass is 1580 g/mol. The second-order valence-corrected chi connectivity index (χ2v) is 32.1. The molecule has 6 heterocycles. The first-order chi connectivity index (χ1) is 61.4. The summed E-state index contributed by atoms with van der Waals surface area (Å²) in [6.45, 7) is 0. The molecule has 0 radical (unpaired) electrons. The van der Waals surface area contributed by atoms with Crippen molar-refractivity contribution in [1.82, 2.24) is 38.2 Å². The van der Waals surface area contributed by atoms with Crippen LogP contribution in [0.5, 0.6) is 0 Å². The Morgan fingerprint density at radius 3 is 0.831 bits per heavy atom. The van der Waals surface area contributed by atoms with Crippen LogP contribution in [0, 0.1) is 0 Å². The Morgan fingerprint density at radius 1 is 0.121 bits per heavy atom. The molecule has 6 aromatic heterocycles. The van der Waals surface area contributed by atoms with Gasteiger partial charge in [-0.3, -0.25) is 0 Å². The van der Waals surface area contributed by atoms with E-state index in [1.807, 2.05) is 36.4 Å². The van der Waals surface area contributed by atoms with E-state index in [0.29, 0.717) is 11.6 Å². The van der Waals surface area contributed by atoms with Crippen LogP contribution in [0.3, 0.4) is 0 Å². The highest BCUT2D eigenvalue weighted by Crippen LogP contribution is 2.45. The molecule has 8 heteroatoms. The lowest BCUT2D eigenvalue weighted by molar-refractivity contribution is 1.18. The van der Waals surface area contributed by atoms with Crippen LogP contribution in [0.1, 0.15) is 0 Å². The van der Waals surface area contributed by atoms with Gasteiger partial charge in [0.1, 0.15) is 0 Å². The van der Waals surface area contributed by atoms with Gasteiger partial charge in [0.2, 0.25) is 0 Å². The van der Waals surface area contributed by atoms with Crippen molar-refractivity contribution in [2.75, 3.05) is 0 Å². The molecule has 0 aliphatic rings. The summed E-state index contributed by atoms with van der Waals surface area (Å²) in [7, 11) is 0. The van der Waals surface area contributed by atoms with Crippen molar-refractivity contribution in [2.24, 2.45) is 0 Å². The highest BCUT2D eigenvalue weighted by molar-refractivity contribution is 6.15. The number of aromatic nitrogens is 8. The summed E-state index contributed by atoms with van der Waals surface area (Å²) in [6.07, 6.45) is 0. The summed E-state index contributed by atoms with van der Waals surface area (Å²) >= 11 is 0. The second-order valence-electron chi connectivity index (χ2n) is 32.1. The van der Waals surface area contributed by atoms with Gasteiger partial charge in [-0.05, 0) is 189 Å². The van der Waals surface area contributed by atoms with E-state index < -0.39 is 0 Å². The molecular formula is C116H74N8. The molecular weight excluding hydrogens is 1510 g/mol. The van der Waals surface area contributed by atoms with Crippen molar-refractivity contribution in [2.45, 2.75) is 0 Å². The van der Waals surface area contributed by atoms with Crippen molar-refractivity contribution in [1.29, 1.82) is 0 Å². The Bertz CT molecular complexity index is 8200. The smallest absolute Gasteiger partial charge is 0.160 e. The molecule has 0 saturated carbocycles. The Balaban J connectivity index is 0.586. The van der Waals surface area contributed by atoms with E-state index in [0.717, 1.165) is 168 Å². The third kappa shape index (κ3) is 12.5. The normalized spacial score (nSPS) is 11.7. The first-order valence-electron chi connectivity index (χ1n) is 42.2. The van der Waals surface area contributed by atoms with Crippen molar-refractivity contribution < 1.29 is 0 Å². The molecule has 0 unspecified atom stereocenters. The molecule has 0 atom stereocenters. The maximum atomic E-state index is 5.21. The standard InChI is InChI=1S/C116H74N8/c1-6-25-77(26-7-1)103-73-104(78-27-8-2-9-28-78)119-116(118-103)90-37-23-34-82(66-90)76-49-58-93(59-50-76)123-111-64-55-85(87-51-60-98-95-41-16-19-44-107(95)122(112(98)71-87)91-38-14-5-15-39-91)69-102(111)100-62-53-86(70-114(100)123)83-35-24-40-94(67-83)124-108-45-20-17-42-96(108)99-61-52-88(72-113(99)124)84-54-63-110-101(68-84)97-43-18-21-46-109(97)121(110)92-56-47-75(48-57-92)81-33-22-36-89(65-81)106-74-105(79-29-10-3-11-30-79)117-115(120-106)80-31-12-4-13-32-80/h1-74H. The number of hydrogen-bond donors (Lipinski definition) is 0. The van der Waals surface area contributed by atoms with Crippen LogP contribution in [-0.2, 0) is 0 Å². The highest BCUT2D eigenvalue weighted by atomic mass is 15.0. The quantitative estimate of drug-likeness (QED) is 0.103. The lowest BCUT2D eigenvalue weighted by Crippen LogP contribution is -1.96. The summed E-state index contributed by atoms with van der Waals surface area (Å²) in [5.41, 5.74) is 34.4. The van der Waals surface area contributed by atoms with Crippen molar-refractivity contribution in [3.05, 3.63) is 449 Å². The van der Waals surface area contributed by atoms with E-state index in [2.05, 4.69) is 431 Å². The molecule has 0 spiro atoms.